The average molecular weight is 967 g/mol. The molecule has 0 fully saturated rings. The number of rotatable bonds is 21. The Morgan fingerprint density at radius 2 is 0.857 bits per heavy atom. The fourth-order valence-corrected chi connectivity index (χ4v) is 5.99. The van der Waals surface area contributed by atoms with Gasteiger partial charge in [0.25, 0.3) is 0 Å². The van der Waals surface area contributed by atoms with Crippen LogP contribution in [0.1, 0.15) is 70.1 Å². The summed E-state index contributed by atoms with van der Waals surface area (Å²) in [6.07, 6.45) is 8.79. The summed E-state index contributed by atoms with van der Waals surface area (Å²) in [4.78, 5) is 68.7. The van der Waals surface area contributed by atoms with Crippen molar-refractivity contribution >= 4 is 67.5 Å². The molecule has 20 heteroatoms. The maximum Gasteiger partial charge on any atom is 0.150 e. The van der Waals surface area contributed by atoms with E-state index in [0.29, 0.717) is 73.8 Å². The van der Waals surface area contributed by atoms with E-state index in [-0.39, 0.29) is 50.8 Å². The standard InChI is InChI=1S/C34H34O9.C9H10O3.C7H10O3.B2H2O3/c1-40-30-15-9-23(18-32(30)42-3)7-13-28(38)34(27(37)12-6-22-5-11-25(20-35)26(17-22)21-36)29(39)14-8-24-10-16-31(41-2)33(19-24)43-4;10-4-7-1-2-8(5-11)9(3-7)6-12;1-4(8)7(5(2)9)6(3)10;3-1-2(4)5/h5-19,35-37H,20-21H2,1-4H3;1-4,11-12H,5-6H2;7H,1-3H3;4-5H/b12-6+,13-7+,14-8+;;;. The molecule has 7 N–H and O–H groups in total. The van der Waals surface area contributed by atoms with Crippen molar-refractivity contribution < 1.29 is 88.0 Å². The largest absolute Gasteiger partial charge is 0.392 e. The van der Waals surface area contributed by atoms with E-state index in [1.165, 1.54) is 85.7 Å². The third kappa shape index (κ3) is 20.0. The van der Waals surface area contributed by atoms with Gasteiger partial charge in [-0.2, -0.15) is 0 Å². The molecule has 0 radical (unpaired) electrons. The summed E-state index contributed by atoms with van der Waals surface area (Å²) in [5.41, 5.74) is 4.17. The minimum atomic E-state index is -1.80. The second-order valence-corrected chi connectivity index (χ2v) is 14.3. The molecule has 4 aromatic rings. The number of hydrogen-bond acceptors (Lipinski definition) is 18. The molecular weight excluding hydrogens is 910 g/mol. The predicted molar refractivity (Wildman–Crippen MR) is 260 cm³/mol. The monoisotopic (exact) mass is 966 g/mol. The van der Waals surface area contributed by atoms with Crippen LogP contribution in [0.25, 0.3) is 18.2 Å². The first kappa shape index (κ1) is 60.6. The summed E-state index contributed by atoms with van der Waals surface area (Å²) in [6.45, 7) is 2.93. The van der Waals surface area contributed by atoms with Crippen molar-refractivity contribution in [2.24, 2.45) is 5.92 Å². The van der Waals surface area contributed by atoms with Gasteiger partial charge < -0.3 is 44.5 Å². The number of aliphatic hydroxyl groups is 5. The van der Waals surface area contributed by atoms with Crippen molar-refractivity contribution in [3.63, 3.8) is 0 Å². The molecule has 0 heterocycles. The van der Waals surface area contributed by atoms with E-state index in [4.69, 9.17) is 43.9 Å². The number of aliphatic hydroxyl groups excluding tert-OH is 5. The molecule has 0 aliphatic carbocycles. The summed E-state index contributed by atoms with van der Waals surface area (Å²) in [5, 5.41) is 62.7. The van der Waals surface area contributed by atoms with Crippen molar-refractivity contribution in [1.82, 2.24) is 0 Å². The van der Waals surface area contributed by atoms with Crippen molar-refractivity contribution in [1.29, 1.82) is 0 Å². The quantitative estimate of drug-likeness (QED) is 0.0118. The number of allylic oxidation sites excluding steroid dienone is 4. The summed E-state index contributed by atoms with van der Waals surface area (Å²) < 4.78 is 30.1. The second-order valence-electron chi connectivity index (χ2n) is 14.3. The molecule has 4 rings (SSSR count). The van der Waals surface area contributed by atoms with Gasteiger partial charge >= 0.3 is 28.8 Å². The van der Waals surface area contributed by atoms with Crippen LogP contribution in [-0.2, 0) is 55.1 Å². The third-order valence-electron chi connectivity index (χ3n) is 9.47. The van der Waals surface area contributed by atoms with Crippen molar-refractivity contribution in [2.45, 2.75) is 47.2 Å². The van der Waals surface area contributed by atoms with Crippen LogP contribution in [0.2, 0.25) is 0 Å². The van der Waals surface area contributed by atoms with Gasteiger partial charge in [-0.25, -0.2) is 0 Å². The number of aldehydes is 1. The number of benzene rings is 4. The average Bonchev–Trinajstić information content (AvgIpc) is 3.36. The number of carbonyl (C=O) groups is 6. The molecular formula is C50H56B2O18. The Bertz CT molecular complexity index is 2450. The molecule has 0 saturated heterocycles. The third-order valence-corrected chi connectivity index (χ3v) is 9.47. The number of methoxy groups -OCH3 is 4. The van der Waals surface area contributed by atoms with Crippen LogP contribution in [0.4, 0.5) is 0 Å². The van der Waals surface area contributed by atoms with Gasteiger partial charge in [0.15, 0.2) is 34.6 Å². The van der Waals surface area contributed by atoms with Gasteiger partial charge in [-0.1, -0.05) is 54.6 Å². The van der Waals surface area contributed by atoms with Crippen molar-refractivity contribution in [2.75, 3.05) is 28.4 Å². The van der Waals surface area contributed by atoms with Crippen LogP contribution in [0, 0.1) is 5.92 Å². The number of carbonyl (C=O) groups excluding carboxylic acids is 6. The zero-order valence-corrected chi connectivity index (χ0v) is 39.7. The summed E-state index contributed by atoms with van der Waals surface area (Å²) in [6, 6.07) is 19.9. The Balaban J connectivity index is 0.000000730. The summed E-state index contributed by atoms with van der Waals surface area (Å²) in [5.74, 6) is -2.22. The first-order valence-corrected chi connectivity index (χ1v) is 20.8. The minimum absolute atomic E-state index is 0.0278. The Morgan fingerprint density at radius 3 is 1.17 bits per heavy atom. The van der Waals surface area contributed by atoms with E-state index >= 15 is 0 Å². The summed E-state index contributed by atoms with van der Waals surface area (Å²) >= 11 is 0. The van der Waals surface area contributed by atoms with E-state index in [2.05, 4.69) is 0 Å². The molecule has 18 nitrogen and oxygen atoms in total. The van der Waals surface area contributed by atoms with Crippen LogP contribution in [-0.4, -0.2) is 113 Å². The van der Waals surface area contributed by atoms with E-state index in [0.717, 1.165) is 0 Å². The molecule has 70 heavy (non-hydrogen) atoms. The molecule has 0 amide bonds. The predicted octanol–water partition coefficient (Wildman–Crippen LogP) is 3.95. The van der Waals surface area contributed by atoms with Crippen LogP contribution >= 0.6 is 0 Å². The van der Waals surface area contributed by atoms with Gasteiger partial charge in [0.05, 0.1) is 54.9 Å². The van der Waals surface area contributed by atoms with Gasteiger partial charge in [-0.05, 0) is 114 Å². The Kier molecular flexibility index (Phi) is 28.0. The van der Waals surface area contributed by atoms with Gasteiger partial charge in [-0.3, -0.25) is 28.8 Å². The molecule has 0 aromatic heterocycles. The normalized spacial score (nSPS) is 10.4. The first-order chi connectivity index (χ1) is 33.3. The minimum Gasteiger partial charge on any atom is -0.392 e. The number of Topliss-reactive ketones (excluding diaryl/α,β-unsaturated/α-hetero) is 3. The fourth-order valence-electron chi connectivity index (χ4n) is 5.99. The van der Waals surface area contributed by atoms with E-state index in [1.54, 1.807) is 72.8 Å². The van der Waals surface area contributed by atoms with Gasteiger partial charge in [0.2, 0.25) is 0 Å². The molecule has 0 unspecified atom stereocenters. The maximum absolute atomic E-state index is 13.3. The van der Waals surface area contributed by atoms with Crippen molar-refractivity contribution in [3.05, 3.63) is 147 Å². The van der Waals surface area contributed by atoms with Crippen molar-refractivity contribution in [3.8, 4) is 23.0 Å². The second kappa shape index (κ2) is 32.3. The van der Waals surface area contributed by atoms with E-state index < -0.39 is 35.8 Å². The van der Waals surface area contributed by atoms with Crippen LogP contribution in [0.15, 0.2) is 102 Å². The van der Waals surface area contributed by atoms with Gasteiger partial charge in [-0.15, -0.1) is 0 Å². The zero-order chi connectivity index (χ0) is 52.9. The number of ketones is 5. The van der Waals surface area contributed by atoms with E-state index in [1.807, 2.05) is 0 Å². The summed E-state index contributed by atoms with van der Waals surface area (Å²) in [7, 11) is 4.24. The van der Waals surface area contributed by atoms with Crippen LogP contribution < -0.4 is 18.9 Å². The van der Waals surface area contributed by atoms with Gasteiger partial charge in [0, 0.05) is 5.56 Å². The molecule has 0 aliphatic heterocycles. The molecule has 0 aliphatic rings. The topological polar surface area (TPSA) is 298 Å². The van der Waals surface area contributed by atoms with E-state index in [9.17, 15) is 44.1 Å². The molecule has 0 bridgehead atoms. The number of hydrogen-bond donors (Lipinski definition) is 7. The smallest absolute Gasteiger partial charge is 0.150 e. The Hall–Kier alpha value is -7.45. The first-order valence-electron chi connectivity index (χ1n) is 20.8. The van der Waals surface area contributed by atoms with Crippen LogP contribution in [0.5, 0.6) is 23.0 Å². The fraction of sp³-hybridized carbons (Fsp3) is 0.240. The SMILES string of the molecule is CC(=O)C(C(C)=O)C(C)=O.COc1ccc(/C=C/C(=O)C(C(=O)/C=C/c2ccc(OC)c(OC)c2)=C(O)/C=C/c2ccc(CO)c(CO)c2)cc1OC.O=BB(O)O.O=Cc1ccc(CO)c(CO)c1. The molecule has 4 aromatic carbocycles. The van der Waals surface area contributed by atoms with Gasteiger partial charge in [0.1, 0.15) is 40.9 Å². The molecule has 370 valence electrons. The van der Waals surface area contributed by atoms with Crippen LogP contribution in [0.3, 0.4) is 0 Å². The molecule has 0 atom stereocenters. The zero-order valence-electron chi connectivity index (χ0n) is 39.7. The Labute approximate surface area is 405 Å². The molecule has 0 spiro atoms. The maximum atomic E-state index is 13.3. The Morgan fingerprint density at radius 1 is 0.529 bits per heavy atom. The molecule has 0 saturated carbocycles. The number of ether oxygens (including phenoxy) is 4.